The number of aryl methyl sites for hydroxylation is 1. The maximum atomic E-state index is 12.7. The van der Waals surface area contributed by atoms with Crippen molar-refractivity contribution >= 4 is 11.6 Å². The van der Waals surface area contributed by atoms with Crippen LogP contribution < -0.4 is 4.74 Å². The molecule has 0 fully saturated rings. The Balaban J connectivity index is 2.76. The third kappa shape index (κ3) is 4.35. The molecular formula is C11H13ClF3N3O3. The standard InChI is InChI=1S/C11H13ClF3N3O3/c1-6(18(19)20)4-5-7(2)21-10-8(12)9(11(13,14)15)17(3)16-10/h6H,2,4-5H2,1,3H3. The van der Waals surface area contributed by atoms with E-state index in [1.165, 1.54) is 6.92 Å². The summed E-state index contributed by atoms with van der Waals surface area (Å²) in [6.45, 7) is 4.90. The lowest BCUT2D eigenvalue weighted by molar-refractivity contribution is -0.518. The molecule has 1 aromatic heterocycles. The second-order valence-corrected chi connectivity index (χ2v) is 4.78. The number of nitrogens with zero attached hydrogens (tertiary/aromatic N) is 3. The van der Waals surface area contributed by atoms with Crippen molar-refractivity contribution in [1.82, 2.24) is 9.78 Å². The van der Waals surface area contributed by atoms with Crippen LogP contribution in [0.15, 0.2) is 12.3 Å². The van der Waals surface area contributed by atoms with Gasteiger partial charge >= 0.3 is 6.18 Å². The van der Waals surface area contributed by atoms with Gasteiger partial charge < -0.3 is 4.74 Å². The Kier molecular flexibility index (Phi) is 5.21. The number of aromatic nitrogens is 2. The highest BCUT2D eigenvalue weighted by atomic mass is 35.5. The number of hydrogen-bond acceptors (Lipinski definition) is 4. The van der Waals surface area contributed by atoms with Gasteiger partial charge in [-0.1, -0.05) is 18.2 Å². The highest BCUT2D eigenvalue weighted by Gasteiger charge is 2.39. The molecule has 0 N–H and O–H groups in total. The summed E-state index contributed by atoms with van der Waals surface area (Å²) in [6, 6.07) is -0.810. The van der Waals surface area contributed by atoms with Gasteiger partial charge in [-0.05, 0) is 0 Å². The normalized spacial score (nSPS) is 13.0. The van der Waals surface area contributed by atoms with E-state index in [9.17, 15) is 23.3 Å². The van der Waals surface area contributed by atoms with E-state index >= 15 is 0 Å². The summed E-state index contributed by atoms with van der Waals surface area (Å²) >= 11 is 5.59. The van der Waals surface area contributed by atoms with Crippen LogP contribution in [-0.4, -0.2) is 20.7 Å². The van der Waals surface area contributed by atoms with Gasteiger partial charge in [-0.15, -0.1) is 5.10 Å². The van der Waals surface area contributed by atoms with Crippen LogP contribution in [0.4, 0.5) is 13.2 Å². The van der Waals surface area contributed by atoms with Crippen LogP contribution in [0, 0.1) is 10.1 Å². The molecule has 0 spiro atoms. The van der Waals surface area contributed by atoms with Gasteiger partial charge in [-0.25, -0.2) is 0 Å². The summed E-state index contributed by atoms with van der Waals surface area (Å²) in [4.78, 5) is 9.99. The van der Waals surface area contributed by atoms with Gasteiger partial charge in [-0.2, -0.15) is 13.2 Å². The first-order chi connectivity index (χ1) is 9.54. The van der Waals surface area contributed by atoms with E-state index in [1.807, 2.05) is 0 Å². The second kappa shape index (κ2) is 6.33. The van der Waals surface area contributed by atoms with Crippen molar-refractivity contribution in [2.45, 2.75) is 32.0 Å². The number of hydrogen-bond donors (Lipinski definition) is 0. The van der Waals surface area contributed by atoms with Gasteiger partial charge in [0.05, 0.1) is 5.76 Å². The first-order valence-electron chi connectivity index (χ1n) is 5.82. The Bertz CT molecular complexity index is 557. The summed E-state index contributed by atoms with van der Waals surface area (Å²) < 4.78 is 43.7. The minimum atomic E-state index is -4.66. The largest absolute Gasteiger partial charge is 0.442 e. The van der Waals surface area contributed by atoms with E-state index in [0.717, 1.165) is 7.05 Å². The van der Waals surface area contributed by atoms with Crippen LogP contribution in [0.1, 0.15) is 25.5 Å². The minimum absolute atomic E-state index is 0.0532. The van der Waals surface area contributed by atoms with Crippen LogP contribution in [0.3, 0.4) is 0 Å². The summed E-state index contributed by atoms with van der Waals surface area (Å²) in [7, 11) is 1.08. The first kappa shape index (κ1) is 17.3. The molecule has 1 atom stereocenters. The van der Waals surface area contributed by atoms with Crippen molar-refractivity contribution in [3.63, 3.8) is 0 Å². The van der Waals surface area contributed by atoms with E-state index in [1.54, 1.807) is 0 Å². The van der Waals surface area contributed by atoms with E-state index in [4.69, 9.17) is 16.3 Å². The number of rotatable bonds is 6. The Morgan fingerprint density at radius 2 is 2.19 bits per heavy atom. The van der Waals surface area contributed by atoms with Gasteiger partial charge in [0.15, 0.2) is 5.69 Å². The predicted molar refractivity (Wildman–Crippen MR) is 68.7 cm³/mol. The van der Waals surface area contributed by atoms with Gasteiger partial charge in [0.2, 0.25) is 6.04 Å². The molecule has 1 heterocycles. The average molecular weight is 328 g/mol. The Morgan fingerprint density at radius 1 is 1.62 bits per heavy atom. The van der Waals surface area contributed by atoms with Crippen molar-refractivity contribution in [3.05, 3.63) is 33.2 Å². The third-order valence-corrected chi connectivity index (χ3v) is 3.01. The molecule has 21 heavy (non-hydrogen) atoms. The zero-order valence-corrected chi connectivity index (χ0v) is 12.0. The zero-order chi connectivity index (χ0) is 16.4. The molecule has 0 aliphatic heterocycles. The van der Waals surface area contributed by atoms with Crippen molar-refractivity contribution < 1.29 is 22.8 Å². The van der Waals surface area contributed by atoms with E-state index in [2.05, 4.69) is 11.7 Å². The van der Waals surface area contributed by atoms with Crippen LogP contribution in [-0.2, 0) is 13.2 Å². The monoisotopic (exact) mass is 327 g/mol. The molecule has 0 saturated carbocycles. The maximum Gasteiger partial charge on any atom is 0.434 e. The van der Waals surface area contributed by atoms with Crippen LogP contribution in [0.5, 0.6) is 5.88 Å². The Hall–Kier alpha value is -1.77. The Labute approximate surface area is 123 Å². The predicted octanol–water partition coefficient (Wildman–Crippen LogP) is 3.43. The molecule has 1 unspecified atom stereocenters. The molecule has 0 aliphatic rings. The maximum absolute atomic E-state index is 12.7. The molecule has 0 amide bonds. The Morgan fingerprint density at radius 3 is 2.62 bits per heavy atom. The molecule has 0 aromatic carbocycles. The topological polar surface area (TPSA) is 70.2 Å². The van der Waals surface area contributed by atoms with Crippen molar-refractivity contribution in [2.75, 3.05) is 0 Å². The highest BCUT2D eigenvalue weighted by Crippen LogP contribution is 2.39. The fourth-order valence-corrected chi connectivity index (χ4v) is 1.82. The van der Waals surface area contributed by atoms with Crippen LogP contribution in [0.25, 0.3) is 0 Å². The second-order valence-electron chi connectivity index (χ2n) is 4.40. The van der Waals surface area contributed by atoms with Crippen molar-refractivity contribution in [2.24, 2.45) is 7.05 Å². The molecule has 0 aliphatic carbocycles. The van der Waals surface area contributed by atoms with Gasteiger partial charge in [0.25, 0.3) is 5.88 Å². The quantitative estimate of drug-likeness (QED) is 0.456. The smallest absolute Gasteiger partial charge is 0.434 e. The lowest BCUT2D eigenvalue weighted by atomic mass is 10.2. The molecule has 10 heteroatoms. The lowest BCUT2D eigenvalue weighted by Crippen LogP contribution is -2.15. The zero-order valence-electron chi connectivity index (χ0n) is 11.3. The van der Waals surface area contributed by atoms with Gasteiger partial charge in [0, 0.05) is 31.7 Å². The summed E-state index contributed by atoms with van der Waals surface area (Å²) in [5.41, 5.74) is -1.13. The summed E-state index contributed by atoms with van der Waals surface area (Å²) in [6.07, 6.45) is -4.42. The highest BCUT2D eigenvalue weighted by molar-refractivity contribution is 6.32. The van der Waals surface area contributed by atoms with E-state index in [0.29, 0.717) is 4.68 Å². The fraction of sp³-hybridized carbons (Fsp3) is 0.545. The van der Waals surface area contributed by atoms with Gasteiger partial charge in [-0.3, -0.25) is 14.8 Å². The lowest BCUT2D eigenvalue weighted by Gasteiger charge is -2.08. The minimum Gasteiger partial charge on any atom is -0.442 e. The van der Waals surface area contributed by atoms with Crippen LogP contribution in [0.2, 0.25) is 5.02 Å². The van der Waals surface area contributed by atoms with Crippen molar-refractivity contribution in [1.29, 1.82) is 0 Å². The van der Waals surface area contributed by atoms with Gasteiger partial charge in [0.1, 0.15) is 5.02 Å². The number of ether oxygens (including phenoxy) is 1. The fourth-order valence-electron chi connectivity index (χ4n) is 1.51. The summed E-state index contributed by atoms with van der Waals surface area (Å²) in [5.74, 6) is -0.373. The third-order valence-electron chi connectivity index (χ3n) is 2.67. The SMILES string of the molecule is C=C(CCC(C)[N+](=O)[O-])Oc1nn(C)c(C(F)(F)F)c1Cl. The molecule has 118 valence electrons. The number of halogens is 4. The molecule has 1 rings (SSSR count). The first-order valence-corrected chi connectivity index (χ1v) is 6.20. The number of nitro groups is 1. The molecular weight excluding hydrogens is 315 g/mol. The molecule has 0 saturated heterocycles. The van der Waals surface area contributed by atoms with Crippen molar-refractivity contribution in [3.8, 4) is 5.88 Å². The van der Waals surface area contributed by atoms with Crippen LogP contribution >= 0.6 is 11.6 Å². The molecule has 6 nitrogen and oxygen atoms in total. The molecule has 0 bridgehead atoms. The number of alkyl halides is 3. The van der Waals surface area contributed by atoms with E-state index < -0.39 is 33.7 Å². The van der Waals surface area contributed by atoms with E-state index in [-0.39, 0.29) is 18.6 Å². The average Bonchev–Trinajstić information content (AvgIpc) is 2.60. The molecule has 0 radical (unpaired) electrons. The number of allylic oxidation sites excluding steroid dienone is 1. The summed E-state index contributed by atoms with van der Waals surface area (Å²) in [5, 5.41) is 13.3. The molecule has 1 aromatic rings.